The second-order valence-electron chi connectivity index (χ2n) is 4.23. The summed E-state index contributed by atoms with van der Waals surface area (Å²) in [5.41, 5.74) is -0.928. The topological polar surface area (TPSA) is 43.7 Å². The van der Waals surface area contributed by atoms with Crippen molar-refractivity contribution in [2.45, 2.75) is 58.8 Å². The molecule has 1 fully saturated rings. The highest BCUT2D eigenvalue weighted by Gasteiger charge is 2.37. The Morgan fingerprint density at radius 2 is 1.86 bits per heavy atom. The van der Waals surface area contributed by atoms with Gasteiger partial charge in [-0.1, -0.05) is 13.8 Å². The van der Waals surface area contributed by atoms with Gasteiger partial charge in [-0.25, -0.2) is 0 Å². The Kier molecular flexibility index (Phi) is 5.64. The Balaban J connectivity index is 0.000000791. The predicted octanol–water partition coefficient (Wildman–Crippen LogP) is 1.24. The van der Waals surface area contributed by atoms with Crippen molar-refractivity contribution in [1.29, 1.82) is 0 Å². The Hall–Kier alpha value is -0.120. The monoisotopic (exact) mass is 203 g/mol. The molecule has 0 amide bonds. The minimum Gasteiger partial charge on any atom is -0.390 e. The summed E-state index contributed by atoms with van der Waals surface area (Å²) in [5.74, 6) is 0. The molecule has 1 aliphatic rings. The number of piperidine rings is 1. The summed E-state index contributed by atoms with van der Waals surface area (Å²) in [6, 6.07) is 0.448. The molecule has 0 aromatic rings. The molecule has 1 heterocycles. The highest BCUT2D eigenvalue weighted by molar-refractivity contribution is 4.91. The van der Waals surface area contributed by atoms with Gasteiger partial charge in [-0.3, -0.25) is 4.90 Å². The molecule has 0 aliphatic carbocycles. The van der Waals surface area contributed by atoms with Gasteiger partial charge in [0, 0.05) is 19.1 Å². The fourth-order valence-electron chi connectivity index (χ4n) is 1.64. The quantitative estimate of drug-likeness (QED) is 0.674. The standard InChI is InChI=1S/C9H19NO2.C2H6/c1-7(2)10-5-4-8(11)9(3,12)6-10;1-2/h7-8,11-12H,4-6H2,1-3H3;1-2H3. The average Bonchev–Trinajstić information content (AvgIpc) is 2.13. The maximum absolute atomic E-state index is 9.77. The van der Waals surface area contributed by atoms with Gasteiger partial charge >= 0.3 is 0 Å². The molecule has 1 saturated heterocycles. The highest BCUT2D eigenvalue weighted by Crippen LogP contribution is 2.22. The number of β-amino-alcohol motifs (C(OH)–C–C–N with tert-alkyl or cyclic N) is 1. The fraction of sp³-hybridized carbons (Fsp3) is 1.00. The summed E-state index contributed by atoms with van der Waals surface area (Å²) in [4.78, 5) is 2.19. The average molecular weight is 203 g/mol. The third-order valence-electron chi connectivity index (χ3n) is 2.66. The summed E-state index contributed by atoms with van der Waals surface area (Å²) in [6.45, 7) is 11.4. The van der Waals surface area contributed by atoms with Gasteiger partial charge in [0.25, 0.3) is 0 Å². The van der Waals surface area contributed by atoms with E-state index in [1.807, 2.05) is 13.8 Å². The van der Waals surface area contributed by atoms with Crippen LogP contribution >= 0.6 is 0 Å². The third kappa shape index (κ3) is 3.56. The highest BCUT2D eigenvalue weighted by atomic mass is 16.3. The van der Waals surface area contributed by atoms with Gasteiger partial charge in [-0.2, -0.15) is 0 Å². The first-order valence-corrected chi connectivity index (χ1v) is 5.58. The summed E-state index contributed by atoms with van der Waals surface area (Å²) < 4.78 is 0. The van der Waals surface area contributed by atoms with Gasteiger partial charge < -0.3 is 10.2 Å². The van der Waals surface area contributed by atoms with E-state index in [9.17, 15) is 10.2 Å². The molecule has 1 aliphatic heterocycles. The molecule has 3 heteroatoms. The molecule has 0 radical (unpaired) electrons. The van der Waals surface area contributed by atoms with Gasteiger partial charge in [-0.05, 0) is 27.2 Å². The number of hydrogen-bond donors (Lipinski definition) is 2. The number of likely N-dealkylation sites (tertiary alicyclic amines) is 1. The van der Waals surface area contributed by atoms with Crippen LogP contribution in [-0.4, -0.2) is 45.9 Å². The van der Waals surface area contributed by atoms with E-state index in [0.717, 1.165) is 6.54 Å². The molecule has 2 N–H and O–H groups in total. The van der Waals surface area contributed by atoms with Crippen LogP contribution in [0.15, 0.2) is 0 Å². The van der Waals surface area contributed by atoms with E-state index in [-0.39, 0.29) is 0 Å². The van der Waals surface area contributed by atoms with Crippen molar-refractivity contribution in [3.8, 4) is 0 Å². The number of nitrogens with zero attached hydrogens (tertiary/aromatic N) is 1. The molecule has 3 nitrogen and oxygen atoms in total. The number of aliphatic hydroxyl groups excluding tert-OH is 1. The van der Waals surface area contributed by atoms with E-state index < -0.39 is 11.7 Å². The molecular formula is C11H25NO2. The molecule has 0 bridgehead atoms. The van der Waals surface area contributed by atoms with Crippen LogP contribution in [0.3, 0.4) is 0 Å². The first-order chi connectivity index (χ1) is 6.43. The first-order valence-electron chi connectivity index (χ1n) is 5.58. The van der Waals surface area contributed by atoms with Crippen molar-refractivity contribution in [3.05, 3.63) is 0 Å². The van der Waals surface area contributed by atoms with Gasteiger partial charge in [0.2, 0.25) is 0 Å². The van der Waals surface area contributed by atoms with E-state index in [1.54, 1.807) is 6.92 Å². The molecule has 0 aromatic carbocycles. The maximum atomic E-state index is 9.77. The van der Waals surface area contributed by atoms with Crippen molar-refractivity contribution in [2.75, 3.05) is 13.1 Å². The SMILES string of the molecule is CC.CC(C)N1CCC(O)C(C)(O)C1. The summed E-state index contributed by atoms with van der Waals surface area (Å²) in [6.07, 6.45) is 0.109. The van der Waals surface area contributed by atoms with Crippen molar-refractivity contribution >= 4 is 0 Å². The first kappa shape index (κ1) is 13.9. The summed E-state index contributed by atoms with van der Waals surface area (Å²) in [7, 11) is 0. The Bertz CT molecular complexity index is 157. The molecule has 2 atom stereocenters. The molecule has 0 saturated carbocycles. The lowest BCUT2D eigenvalue weighted by molar-refractivity contribution is -0.114. The number of rotatable bonds is 1. The molecule has 2 unspecified atom stereocenters. The van der Waals surface area contributed by atoms with E-state index in [1.165, 1.54) is 0 Å². The van der Waals surface area contributed by atoms with Crippen molar-refractivity contribution in [1.82, 2.24) is 4.90 Å². The molecule has 86 valence electrons. The Morgan fingerprint density at radius 1 is 1.36 bits per heavy atom. The second kappa shape index (κ2) is 5.69. The van der Waals surface area contributed by atoms with Crippen molar-refractivity contribution < 1.29 is 10.2 Å². The van der Waals surface area contributed by atoms with Gasteiger partial charge in [0.1, 0.15) is 5.60 Å². The minimum absolute atomic E-state index is 0.448. The summed E-state index contributed by atoms with van der Waals surface area (Å²) >= 11 is 0. The van der Waals surface area contributed by atoms with Gasteiger partial charge in [0.15, 0.2) is 0 Å². The van der Waals surface area contributed by atoms with Crippen molar-refractivity contribution in [3.63, 3.8) is 0 Å². The van der Waals surface area contributed by atoms with E-state index >= 15 is 0 Å². The van der Waals surface area contributed by atoms with Crippen LogP contribution in [0.5, 0.6) is 0 Å². The van der Waals surface area contributed by atoms with Crippen LogP contribution in [0.1, 0.15) is 41.0 Å². The molecule has 1 rings (SSSR count). The van der Waals surface area contributed by atoms with Crippen LogP contribution in [0.25, 0.3) is 0 Å². The fourth-order valence-corrected chi connectivity index (χ4v) is 1.64. The summed E-state index contributed by atoms with van der Waals surface area (Å²) in [5, 5.41) is 19.2. The molecular weight excluding hydrogens is 178 g/mol. The number of hydrogen-bond acceptors (Lipinski definition) is 3. The third-order valence-corrected chi connectivity index (χ3v) is 2.66. The van der Waals surface area contributed by atoms with Crippen LogP contribution in [0.4, 0.5) is 0 Å². The molecule has 0 spiro atoms. The van der Waals surface area contributed by atoms with Crippen LogP contribution in [0.2, 0.25) is 0 Å². The van der Waals surface area contributed by atoms with Crippen LogP contribution < -0.4 is 0 Å². The zero-order valence-corrected chi connectivity index (χ0v) is 10.1. The van der Waals surface area contributed by atoms with E-state index in [2.05, 4.69) is 18.7 Å². The maximum Gasteiger partial charge on any atom is 0.100 e. The predicted molar refractivity (Wildman–Crippen MR) is 59.3 cm³/mol. The van der Waals surface area contributed by atoms with E-state index in [0.29, 0.717) is 19.0 Å². The Morgan fingerprint density at radius 3 is 2.21 bits per heavy atom. The normalized spacial score (nSPS) is 33.9. The zero-order chi connectivity index (χ0) is 11.4. The smallest absolute Gasteiger partial charge is 0.100 e. The number of aliphatic hydroxyl groups is 2. The largest absolute Gasteiger partial charge is 0.390 e. The van der Waals surface area contributed by atoms with Crippen LogP contribution in [-0.2, 0) is 0 Å². The van der Waals surface area contributed by atoms with Crippen LogP contribution in [0, 0.1) is 0 Å². The molecule has 0 aromatic heterocycles. The van der Waals surface area contributed by atoms with Gasteiger partial charge in [-0.15, -0.1) is 0 Å². The zero-order valence-electron chi connectivity index (χ0n) is 10.1. The Labute approximate surface area is 87.7 Å². The minimum atomic E-state index is -0.928. The lowest BCUT2D eigenvalue weighted by Crippen LogP contribution is -2.56. The van der Waals surface area contributed by atoms with Gasteiger partial charge in [0.05, 0.1) is 6.10 Å². The second-order valence-corrected chi connectivity index (χ2v) is 4.23. The lowest BCUT2D eigenvalue weighted by atomic mass is 9.91. The van der Waals surface area contributed by atoms with E-state index in [4.69, 9.17) is 0 Å². The lowest BCUT2D eigenvalue weighted by Gasteiger charge is -2.42. The van der Waals surface area contributed by atoms with Crippen molar-refractivity contribution in [2.24, 2.45) is 0 Å². The molecule has 14 heavy (non-hydrogen) atoms.